The van der Waals surface area contributed by atoms with E-state index in [0.717, 1.165) is 0 Å². The molecule has 0 heterocycles. The second kappa shape index (κ2) is 4.63. The molecule has 27 heavy (non-hydrogen) atoms. The van der Waals surface area contributed by atoms with Crippen LogP contribution in [0.4, 0.5) is 65.9 Å². The number of alkyl halides is 15. The predicted octanol–water partition coefficient (Wildman–Crippen LogP) is 5.38. The van der Waals surface area contributed by atoms with Crippen LogP contribution in [0.5, 0.6) is 0 Å². The van der Waals surface area contributed by atoms with Crippen LogP contribution < -0.4 is 0 Å². The summed E-state index contributed by atoms with van der Waals surface area (Å²) in [4.78, 5) is 0. The van der Waals surface area contributed by atoms with Gasteiger partial charge in [0.1, 0.15) is 6.67 Å². The zero-order valence-electron chi connectivity index (χ0n) is 12.2. The Hall–Kier alpha value is -1.31. The highest BCUT2D eigenvalue weighted by Gasteiger charge is 3.12. The van der Waals surface area contributed by atoms with Gasteiger partial charge in [0.15, 0.2) is 5.41 Å². The molecule has 0 aromatic carbocycles. The summed E-state index contributed by atoms with van der Waals surface area (Å²) in [5.74, 6) is -45.2. The first kappa shape index (κ1) is 22.0. The first-order valence-corrected chi connectivity index (χ1v) is 6.46. The minimum atomic E-state index is -7.83. The lowest BCUT2D eigenvalue weighted by Crippen LogP contribution is -2.97. The third kappa shape index (κ3) is 1.42. The molecule has 3 atom stereocenters. The Morgan fingerprint density at radius 2 is 0.926 bits per heavy atom. The molecule has 0 N–H and O–H groups in total. The molecule has 0 aromatic rings. The van der Waals surface area contributed by atoms with Gasteiger partial charge < -0.3 is 0 Å². The zero-order chi connectivity index (χ0) is 21.9. The van der Waals surface area contributed by atoms with Crippen molar-refractivity contribution in [3.05, 3.63) is 12.7 Å². The summed E-state index contributed by atoms with van der Waals surface area (Å²) in [6.45, 7) is -2.10. The molecule has 2 saturated carbocycles. The first-order chi connectivity index (χ1) is 11.6. The quantitative estimate of drug-likeness (QED) is 0.405. The fraction of sp³-hybridized carbons (Fsp3) is 0.833. The molecular formula is C12H5F15. The topological polar surface area (TPSA) is 0 Å². The molecule has 0 nitrogen and oxygen atoms in total. The van der Waals surface area contributed by atoms with E-state index in [1.807, 2.05) is 6.58 Å². The molecule has 3 unspecified atom stereocenters. The van der Waals surface area contributed by atoms with E-state index in [-0.39, 0.29) is 0 Å². The summed E-state index contributed by atoms with van der Waals surface area (Å²) in [6, 6.07) is 0. The van der Waals surface area contributed by atoms with Crippen molar-refractivity contribution >= 4 is 0 Å². The molecular weight excluding hydrogens is 429 g/mol. The van der Waals surface area contributed by atoms with Crippen molar-refractivity contribution in [2.24, 2.45) is 5.41 Å². The molecule has 0 amide bonds. The Balaban J connectivity index is 3.28. The fourth-order valence-corrected chi connectivity index (χ4v) is 3.45. The number of hydrogen-bond donors (Lipinski definition) is 0. The predicted molar refractivity (Wildman–Crippen MR) is 56.0 cm³/mol. The van der Waals surface area contributed by atoms with Gasteiger partial charge in [0.25, 0.3) is 5.67 Å². The average molecular weight is 434 g/mol. The smallest absolute Gasteiger partial charge is 0.247 e. The highest BCUT2D eigenvalue weighted by atomic mass is 19.4. The van der Waals surface area contributed by atoms with Crippen LogP contribution in [0.25, 0.3) is 0 Å². The first-order valence-electron chi connectivity index (χ1n) is 6.46. The lowest BCUT2D eigenvalue weighted by atomic mass is 9.46. The van der Waals surface area contributed by atoms with Crippen LogP contribution in [0.2, 0.25) is 0 Å². The van der Waals surface area contributed by atoms with Gasteiger partial charge in [-0.1, -0.05) is 6.08 Å². The molecule has 158 valence electrons. The minimum absolute atomic E-state index is 1.64. The van der Waals surface area contributed by atoms with Gasteiger partial charge in [0.05, 0.1) is 0 Å². The molecule has 0 aliphatic heterocycles. The summed E-state index contributed by atoms with van der Waals surface area (Å²) in [5, 5.41) is 0. The van der Waals surface area contributed by atoms with Gasteiger partial charge in [-0.25, -0.2) is 30.7 Å². The van der Waals surface area contributed by atoms with Gasteiger partial charge in [0.2, 0.25) is 0 Å². The van der Waals surface area contributed by atoms with Crippen molar-refractivity contribution in [3.8, 4) is 0 Å². The van der Waals surface area contributed by atoms with Crippen molar-refractivity contribution in [2.75, 3.05) is 6.67 Å². The molecule has 2 aliphatic carbocycles. The molecule has 2 rings (SSSR count). The van der Waals surface area contributed by atoms with Gasteiger partial charge in [-0.2, -0.15) is 35.1 Å². The van der Waals surface area contributed by atoms with E-state index in [1.165, 1.54) is 0 Å². The van der Waals surface area contributed by atoms with Gasteiger partial charge in [-0.05, 0) is 0 Å². The molecule has 0 aromatic heterocycles. The average Bonchev–Trinajstić information content (AvgIpc) is 2.50. The molecule has 0 spiro atoms. The Morgan fingerprint density at radius 1 is 0.519 bits per heavy atom. The Labute approximate surface area is 139 Å². The SMILES string of the molecule is C=CC12C(F)(F)C(F)(F)C(F)(F)C(F)(C(F)(F)C(F)(CF)C1(F)F)C2(F)F. The second-order valence-electron chi connectivity index (χ2n) is 6.05. The third-order valence-corrected chi connectivity index (χ3v) is 5.06. The number of hydrogen-bond acceptors (Lipinski definition) is 0. The largest absolute Gasteiger partial charge is 0.377 e. The van der Waals surface area contributed by atoms with Crippen LogP contribution in [0, 0.1) is 5.41 Å². The Kier molecular flexibility index (Phi) is 3.77. The summed E-state index contributed by atoms with van der Waals surface area (Å²) >= 11 is 0. The number of rotatable bonds is 2. The van der Waals surface area contributed by atoms with E-state index in [2.05, 4.69) is 0 Å². The Morgan fingerprint density at radius 3 is 1.26 bits per heavy atom. The highest BCUT2D eigenvalue weighted by molar-refractivity contribution is 5.44. The summed E-state index contributed by atoms with van der Waals surface area (Å²) < 4.78 is 208. The van der Waals surface area contributed by atoms with Crippen molar-refractivity contribution in [2.45, 2.75) is 46.9 Å². The van der Waals surface area contributed by atoms with Gasteiger partial charge in [0, 0.05) is 0 Å². The molecule has 2 fully saturated rings. The maximum Gasteiger partial charge on any atom is 0.377 e. The summed E-state index contributed by atoms with van der Waals surface area (Å²) in [5.41, 5.74) is -21.2. The third-order valence-electron chi connectivity index (χ3n) is 5.06. The van der Waals surface area contributed by atoms with E-state index in [0.29, 0.717) is 0 Å². The van der Waals surface area contributed by atoms with Crippen LogP contribution in [0.15, 0.2) is 12.7 Å². The lowest BCUT2D eigenvalue weighted by Gasteiger charge is -2.66. The van der Waals surface area contributed by atoms with E-state index in [1.54, 1.807) is 0 Å². The van der Waals surface area contributed by atoms with Gasteiger partial charge in [-0.3, -0.25) is 0 Å². The van der Waals surface area contributed by atoms with Gasteiger partial charge >= 0.3 is 41.2 Å². The van der Waals surface area contributed by atoms with Crippen LogP contribution in [0.3, 0.4) is 0 Å². The molecule has 0 saturated heterocycles. The normalized spacial score (nSPS) is 45.1. The fourth-order valence-electron chi connectivity index (χ4n) is 3.45. The standard InChI is InChI=1S/C12H5F15/c1-2-4-7(16,17)5(14,3-13)10(22,23)6(15,8(4,18)19)11(24,25)12(26,27)9(4,20)21/h2H,1,3H2. The number of halogens is 15. The van der Waals surface area contributed by atoms with E-state index in [9.17, 15) is 65.9 Å². The molecule has 15 heteroatoms. The molecule has 0 radical (unpaired) electrons. The van der Waals surface area contributed by atoms with Crippen molar-refractivity contribution in [1.29, 1.82) is 0 Å². The van der Waals surface area contributed by atoms with Crippen LogP contribution in [0.1, 0.15) is 0 Å². The maximum absolute atomic E-state index is 14.4. The van der Waals surface area contributed by atoms with E-state index >= 15 is 0 Å². The van der Waals surface area contributed by atoms with E-state index in [4.69, 9.17) is 0 Å². The number of allylic oxidation sites excluding steroid dienone is 1. The summed E-state index contributed by atoms with van der Waals surface area (Å²) in [7, 11) is 0. The second-order valence-corrected chi connectivity index (χ2v) is 6.05. The Bertz CT molecular complexity index is 680. The van der Waals surface area contributed by atoms with Crippen molar-refractivity contribution < 1.29 is 65.9 Å². The van der Waals surface area contributed by atoms with Gasteiger partial charge in [-0.15, -0.1) is 6.58 Å². The van der Waals surface area contributed by atoms with E-state index < -0.39 is 65.0 Å². The maximum atomic E-state index is 14.4. The van der Waals surface area contributed by atoms with Crippen LogP contribution >= 0.6 is 0 Å². The zero-order valence-corrected chi connectivity index (χ0v) is 12.2. The van der Waals surface area contributed by atoms with Crippen LogP contribution in [-0.2, 0) is 0 Å². The van der Waals surface area contributed by atoms with Crippen LogP contribution in [-0.4, -0.2) is 53.5 Å². The highest BCUT2D eigenvalue weighted by Crippen LogP contribution is 2.83. The minimum Gasteiger partial charge on any atom is -0.247 e. The molecule has 2 bridgehead atoms. The number of fused-ring (bicyclic) bond motifs is 2. The van der Waals surface area contributed by atoms with Crippen molar-refractivity contribution in [3.63, 3.8) is 0 Å². The lowest BCUT2D eigenvalue weighted by molar-refractivity contribution is -0.546. The monoisotopic (exact) mass is 434 g/mol. The summed E-state index contributed by atoms with van der Waals surface area (Å²) in [6.07, 6.45) is -1.64. The van der Waals surface area contributed by atoms with Crippen molar-refractivity contribution in [1.82, 2.24) is 0 Å². The molecule has 2 aliphatic rings.